The molecule has 0 unspecified atom stereocenters. The molecule has 0 bridgehead atoms. The highest BCUT2D eigenvalue weighted by molar-refractivity contribution is 5.59. The van der Waals surface area contributed by atoms with Gasteiger partial charge in [0, 0.05) is 26.3 Å². The molecule has 0 saturated carbocycles. The molecule has 19 heavy (non-hydrogen) atoms. The number of hydrogen-bond acceptors (Lipinski definition) is 5. The van der Waals surface area contributed by atoms with E-state index in [9.17, 15) is 0 Å². The Morgan fingerprint density at radius 2 is 1.84 bits per heavy atom. The van der Waals surface area contributed by atoms with Crippen LogP contribution in [0.4, 0.5) is 5.69 Å². The molecule has 0 amide bonds. The van der Waals surface area contributed by atoms with E-state index in [4.69, 9.17) is 18.9 Å². The van der Waals surface area contributed by atoms with Gasteiger partial charge in [-0.25, -0.2) is 0 Å². The number of anilines is 1. The first-order valence-electron chi connectivity index (χ1n) is 6.34. The van der Waals surface area contributed by atoms with Gasteiger partial charge in [-0.3, -0.25) is 0 Å². The van der Waals surface area contributed by atoms with E-state index in [-0.39, 0.29) is 0 Å². The molecule has 0 aromatic heterocycles. The molecule has 0 aliphatic heterocycles. The molecule has 5 nitrogen and oxygen atoms in total. The molecule has 108 valence electrons. The zero-order valence-corrected chi connectivity index (χ0v) is 11.9. The summed E-state index contributed by atoms with van der Waals surface area (Å²) >= 11 is 0. The minimum absolute atomic E-state index is 0.639. The third-order valence-corrected chi connectivity index (χ3v) is 2.62. The van der Waals surface area contributed by atoms with E-state index in [0.29, 0.717) is 13.2 Å². The average molecular weight is 269 g/mol. The van der Waals surface area contributed by atoms with E-state index < -0.39 is 0 Å². The fraction of sp³-hybridized carbons (Fsp3) is 0.571. The van der Waals surface area contributed by atoms with Crippen LogP contribution in [0.1, 0.15) is 6.42 Å². The lowest BCUT2D eigenvalue weighted by atomic mass is 10.2. The summed E-state index contributed by atoms with van der Waals surface area (Å²) in [5, 5.41) is 3.31. The Kier molecular flexibility index (Phi) is 7.77. The smallest absolute Gasteiger partial charge is 0.145 e. The van der Waals surface area contributed by atoms with Crippen LogP contribution >= 0.6 is 0 Å². The molecule has 0 aliphatic carbocycles. The molecule has 0 fully saturated rings. The van der Waals surface area contributed by atoms with Gasteiger partial charge in [0.15, 0.2) is 0 Å². The third kappa shape index (κ3) is 5.81. The van der Waals surface area contributed by atoms with Gasteiger partial charge in [0.2, 0.25) is 0 Å². The highest BCUT2D eigenvalue weighted by Gasteiger charge is 2.03. The predicted octanol–water partition coefficient (Wildman–Crippen LogP) is 2.17. The number of hydrogen-bond donors (Lipinski definition) is 1. The first-order chi connectivity index (χ1) is 9.31. The first kappa shape index (κ1) is 15.6. The summed E-state index contributed by atoms with van der Waals surface area (Å²) in [6.45, 7) is 2.83. The van der Waals surface area contributed by atoms with Crippen LogP contribution in [-0.2, 0) is 9.47 Å². The predicted molar refractivity (Wildman–Crippen MR) is 75.3 cm³/mol. The number of methoxy groups -OCH3 is 3. The molecule has 1 aromatic carbocycles. The summed E-state index contributed by atoms with van der Waals surface area (Å²) in [7, 11) is 4.95. The molecular weight excluding hydrogens is 246 g/mol. The Hall–Kier alpha value is -1.46. The lowest BCUT2D eigenvalue weighted by Gasteiger charge is -2.12. The first-order valence-corrected chi connectivity index (χ1v) is 6.34. The van der Waals surface area contributed by atoms with Gasteiger partial charge in [-0.1, -0.05) is 0 Å². The topological polar surface area (TPSA) is 49.0 Å². The van der Waals surface area contributed by atoms with Gasteiger partial charge in [0.25, 0.3) is 0 Å². The van der Waals surface area contributed by atoms with Crippen LogP contribution in [-0.4, -0.2) is 47.7 Å². The van der Waals surface area contributed by atoms with Gasteiger partial charge in [-0.05, 0) is 18.6 Å². The Morgan fingerprint density at radius 3 is 2.53 bits per heavy atom. The zero-order chi connectivity index (χ0) is 13.9. The Morgan fingerprint density at radius 1 is 1.00 bits per heavy atom. The van der Waals surface area contributed by atoms with Gasteiger partial charge in [0.05, 0.1) is 33.1 Å². The van der Waals surface area contributed by atoms with Crippen LogP contribution in [0.25, 0.3) is 0 Å². The molecule has 0 atom stereocenters. The van der Waals surface area contributed by atoms with E-state index in [1.54, 1.807) is 21.3 Å². The highest BCUT2D eigenvalue weighted by atomic mass is 16.5. The summed E-state index contributed by atoms with van der Waals surface area (Å²) in [6.07, 6.45) is 0.929. The highest BCUT2D eigenvalue weighted by Crippen LogP contribution is 2.28. The second kappa shape index (κ2) is 9.47. The molecule has 0 aliphatic rings. The minimum atomic E-state index is 0.639. The van der Waals surface area contributed by atoms with Gasteiger partial charge >= 0.3 is 0 Å². The van der Waals surface area contributed by atoms with Crippen molar-refractivity contribution in [2.45, 2.75) is 6.42 Å². The number of ether oxygens (including phenoxy) is 4. The molecule has 1 N–H and O–H groups in total. The van der Waals surface area contributed by atoms with Crippen molar-refractivity contribution in [2.24, 2.45) is 0 Å². The summed E-state index contributed by atoms with van der Waals surface area (Å²) in [6, 6.07) is 5.71. The summed E-state index contributed by atoms with van der Waals surface area (Å²) in [5.74, 6) is 1.56. The van der Waals surface area contributed by atoms with Crippen LogP contribution in [0.3, 0.4) is 0 Å². The van der Waals surface area contributed by atoms with E-state index in [1.807, 2.05) is 18.2 Å². The molecule has 1 rings (SSSR count). The molecule has 0 heterocycles. The van der Waals surface area contributed by atoms with Gasteiger partial charge in [-0.2, -0.15) is 0 Å². The van der Waals surface area contributed by atoms with Crippen molar-refractivity contribution in [3.05, 3.63) is 18.2 Å². The molecule has 0 radical (unpaired) electrons. The van der Waals surface area contributed by atoms with Crippen LogP contribution in [0, 0.1) is 0 Å². The lowest BCUT2D eigenvalue weighted by Crippen LogP contribution is -2.09. The van der Waals surface area contributed by atoms with Gasteiger partial charge in [-0.15, -0.1) is 0 Å². The summed E-state index contributed by atoms with van der Waals surface area (Å²) in [5.41, 5.74) is 0.959. The van der Waals surface area contributed by atoms with Crippen LogP contribution in [0.15, 0.2) is 18.2 Å². The summed E-state index contributed by atoms with van der Waals surface area (Å²) in [4.78, 5) is 0. The van der Waals surface area contributed by atoms with Crippen molar-refractivity contribution >= 4 is 5.69 Å². The number of benzene rings is 1. The molecule has 0 spiro atoms. The van der Waals surface area contributed by atoms with Crippen LogP contribution < -0.4 is 14.8 Å². The van der Waals surface area contributed by atoms with E-state index >= 15 is 0 Å². The molecular formula is C14H23NO4. The molecule has 5 heteroatoms. The van der Waals surface area contributed by atoms with Crippen LogP contribution in [0.5, 0.6) is 11.5 Å². The lowest BCUT2D eigenvalue weighted by molar-refractivity contribution is 0.0705. The molecule has 0 saturated heterocycles. The zero-order valence-electron chi connectivity index (χ0n) is 11.9. The minimum Gasteiger partial charge on any atom is -0.497 e. The van der Waals surface area contributed by atoms with Crippen molar-refractivity contribution in [3.63, 3.8) is 0 Å². The van der Waals surface area contributed by atoms with Gasteiger partial charge < -0.3 is 24.3 Å². The molecule has 1 aromatic rings. The summed E-state index contributed by atoms with van der Waals surface area (Å²) < 4.78 is 20.7. The van der Waals surface area contributed by atoms with Gasteiger partial charge in [0.1, 0.15) is 11.5 Å². The van der Waals surface area contributed by atoms with Crippen molar-refractivity contribution in [2.75, 3.05) is 53.0 Å². The third-order valence-electron chi connectivity index (χ3n) is 2.62. The SMILES string of the molecule is COCCOCCCNc1ccc(OC)cc1OC. The average Bonchev–Trinajstić information content (AvgIpc) is 2.46. The largest absolute Gasteiger partial charge is 0.497 e. The number of rotatable bonds is 10. The van der Waals surface area contributed by atoms with E-state index in [2.05, 4.69) is 5.32 Å². The quantitative estimate of drug-likeness (QED) is 0.660. The Balaban J connectivity index is 2.28. The van der Waals surface area contributed by atoms with E-state index in [1.165, 1.54) is 0 Å². The second-order valence-electron chi connectivity index (χ2n) is 3.95. The maximum Gasteiger partial charge on any atom is 0.145 e. The maximum absolute atomic E-state index is 5.39. The second-order valence-corrected chi connectivity index (χ2v) is 3.95. The Bertz CT molecular complexity index is 357. The van der Waals surface area contributed by atoms with Crippen molar-refractivity contribution in [1.29, 1.82) is 0 Å². The fourth-order valence-electron chi connectivity index (χ4n) is 1.59. The number of nitrogens with one attached hydrogen (secondary N) is 1. The van der Waals surface area contributed by atoms with E-state index in [0.717, 1.165) is 36.8 Å². The maximum atomic E-state index is 5.39. The van der Waals surface area contributed by atoms with Crippen molar-refractivity contribution < 1.29 is 18.9 Å². The Labute approximate surface area is 114 Å². The normalized spacial score (nSPS) is 10.3. The van der Waals surface area contributed by atoms with Crippen molar-refractivity contribution in [1.82, 2.24) is 0 Å². The standard InChI is InChI=1S/C14H23NO4/c1-16-9-10-19-8-4-7-15-13-6-5-12(17-2)11-14(13)18-3/h5-6,11,15H,4,7-10H2,1-3H3. The fourth-order valence-corrected chi connectivity index (χ4v) is 1.59. The van der Waals surface area contributed by atoms with Crippen molar-refractivity contribution in [3.8, 4) is 11.5 Å². The monoisotopic (exact) mass is 269 g/mol. The van der Waals surface area contributed by atoms with Crippen LogP contribution in [0.2, 0.25) is 0 Å².